The summed E-state index contributed by atoms with van der Waals surface area (Å²) in [6.45, 7) is 4.12. The highest BCUT2D eigenvalue weighted by molar-refractivity contribution is 6.42. The first kappa shape index (κ1) is 16.3. The second kappa shape index (κ2) is 6.62. The zero-order valence-electron chi connectivity index (χ0n) is 10.7. The van der Waals surface area contributed by atoms with Gasteiger partial charge in [-0.15, -0.1) is 12.4 Å². The van der Waals surface area contributed by atoms with Gasteiger partial charge in [-0.3, -0.25) is 0 Å². The van der Waals surface area contributed by atoms with Gasteiger partial charge in [0.05, 0.1) is 28.0 Å². The number of aromatic nitrogens is 2. The zero-order valence-corrected chi connectivity index (χ0v) is 13.0. The normalized spacial score (nSPS) is 12.3. The van der Waals surface area contributed by atoms with E-state index in [-0.39, 0.29) is 18.4 Å². The molecular weight excluding hydrogens is 305 g/mol. The smallest absolute Gasteiger partial charge is 0.123 e. The number of benzene rings is 1. The minimum Gasteiger partial charge on any atom is -0.341 e. The van der Waals surface area contributed by atoms with Gasteiger partial charge in [-0.05, 0) is 18.1 Å². The molecule has 1 heterocycles. The molecule has 0 saturated carbocycles. The third-order valence-electron chi connectivity index (χ3n) is 2.86. The summed E-state index contributed by atoms with van der Waals surface area (Å²) < 4.78 is 0. The number of nitrogens with zero attached hydrogens (tertiary/aromatic N) is 1. The van der Waals surface area contributed by atoms with Gasteiger partial charge in [-0.2, -0.15) is 0 Å². The van der Waals surface area contributed by atoms with Gasteiger partial charge < -0.3 is 10.7 Å². The quantitative estimate of drug-likeness (QED) is 0.877. The van der Waals surface area contributed by atoms with E-state index in [4.69, 9.17) is 28.9 Å². The minimum absolute atomic E-state index is 0. The van der Waals surface area contributed by atoms with E-state index in [1.165, 1.54) is 0 Å². The maximum Gasteiger partial charge on any atom is 0.123 e. The third kappa shape index (κ3) is 3.63. The van der Waals surface area contributed by atoms with Crippen molar-refractivity contribution >= 4 is 35.6 Å². The lowest BCUT2D eigenvalue weighted by atomic mass is 10.1. The van der Waals surface area contributed by atoms with E-state index in [1.807, 2.05) is 12.1 Å². The van der Waals surface area contributed by atoms with Gasteiger partial charge in [-0.1, -0.05) is 43.1 Å². The summed E-state index contributed by atoms with van der Waals surface area (Å²) in [5.41, 5.74) is 7.87. The standard InChI is InChI=1S/C13H15Cl2N3.ClH/c1-7(2)12(16)13-17-6-11(18-13)8-3-4-9(14)10(15)5-8;/h3-7,12H,16H2,1-2H3,(H,17,18);1H/t12-;/m0./s1. The van der Waals surface area contributed by atoms with Crippen LogP contribution < -0.4 is 5.73 Å². The lowest BCUT2D eigenvalue weighted by Crippen LogP contribution is -2.18. The van der Waals surface area contributed by atoms with E-state index in [2.05, 4.69) is 23.8 Å². The molecule has 0 unspecified atom stereocenters. The third-order valence-corrected chi connectivity index (χ3v) is 3.60. The molecule has 0 aliphatic heterocycles. The Kier molecular flexibility index (Phi) is 5.68. The Morgan fingerprint density at radius 1 is 1.21 bits per heavy atom. The predicted molar refractivity (Wildman–Crippen MR) is 83.1 cm³/mol. The molecule has 2 rings (SSSR count). The van der Waals surface area contributed by atoms with Crippen LogP contribution in [0.2, 0.25) is 10.0 Å². The van der Waals surface area contributed by atoms with Crippen molar-refractivity contribution in [2.45, 2.75) is 19.9 Å². The average molecular weight is 321 g/mol. The van der Waals surface area contributed by atoms with E-state index in [0.29, 0.717) is 16.0 Å². The second-order valence-corrected chi connectivity index (χ2v) is 5.40. The highest BCUT2D eigenvalue weighted by Gasteiger charge is 2.14. The lowest BCUT2D eigenvalue weighted by Gasteiger charge is -2.12. The van der Waals surface area contributed by atoms with Crippen LogP contribution in [0.4, 0.5) is 0 Å². The van der Waals surface area contributed by atoms with Crippen LogP contribution in [-0.2, 0) is 0 Å². The van der Waals surface area contributed by atoms with Crippen molar-refractivity contribution in [3.05, 3.63) is 40.3 Å². The molecule has 1 aromatic heterocycles. The monoisotopic (exact) mass is 319 g/mol. The van der Waals surface area contributed by atoms with Crippen LogP contribution in [0.5, 0.6) is 0 Å². The Morgan fingerprint density at radius 3 is 2.47 bits per heavy atom. The summed E-state index contributed by atoms with van der Waals surface area (Å²) in [6, 6.07) is 5.37. The molecule has 2 aromatic rings. The topological polar surface area (TPSA) is 54.7 Å². The molecular formula is C13H16Cl3N3. The fraction of sp³-hybridized carbons (Fsp3) is 0.308. The number of nitrogens with two attached hydrogens (primary N) is 1. The molecule has 0 fully saturated rings. The molecule has 0 spiro atoms. The first-order valence-corrected chi connectivity index (χ1v) is 6.50. The van der Waals surface area contributed by atoms with Crippen molar-refractivity contribution in [2.75, 3.05) is 0 Å². The predicted octanol–water partition coefficient (Wildman–Crippen LogP) is 4.46. The maximum atomic E-state index is 6.04. The fourth-order valence-electron chi connectivity index (χ4n) is 1.63. The number of aromatic amines is 1. The van der Waals surface area contributed by atoms with E-state index in [9.17, 15) is 0 Å². The molecule has 3 N–H and O–H groups in total. The van der Waals surface area contributed by atoms with Crippen LogP contribution in [0.1, 0.15) is 25.7 Å². The highest BCUT2D eigenvalue weighted by atomic mass is 35.5. The van der Waals surface area contributed by atoms with Crippen molar-refractivity contribution in [3.8, 4) is 11.3 Å². The molecule has 6 heteroatoms. The summed E-state index contributed by atoms with van der Waals surface area (Å²) >= 11 is 11.9. The number of rotatable bonds is 3. The number of H-pyrrole nitrogens is 1. The van der Waals surface area contributed by atoms with Crippen LogP contribution in [0.25, 0.3) is 11.3 Å². The summed E-state index contributed by atoms with van der Waals surface area (Å²) in [4.78, 5) is 7.53. The molecule has 0 radical (unpaired) electrons. The van der Waals surface area contributed by atoms with Crippen LogP contribution in [0, 0.1) is 5.92 Å². The van der Waals surface area contributed by atoms with Crippen LogP contribution in [-0.4, -0.2) is 9.97 Å². The zero-order chi connectivity index (χ0) is 13.3. The molecule has 0 bridgehead atoms. The number of hydrogen-bond donors (Lipinski definition) is 2. The van der Waals surface area contributed by atoms with E-state index >= 15 is 0 Å². The first-order valence-electron chi connectivity index (χ1n) is 5.75. The van der Waals surface area contributed by atoms with Crippen LogP contribution in [0.3, 0.4) is 0 Å². The van der Waals surface area contributed by atoms with E-state index in [0.717, 1.165) is 17.1 Å². The van der Waals surface area contributed by atoms with Crippen molar-refractivity contribution in [3.63, 3.8) is 0 Å². The molecule has 0 aliphatic rings. The number of hydrogen-bond acceptors (Lipinski definition) is 2. The van der Waals surface area contributed by atoms with Gasteiger partial charge in [0.15, 0.2) is 0 Å². The fourth-order valence-corrected chi connectivity index (χ4v) is 1.93. The Balaban J connectivity index is 0.00000180. The molecule has 19 heavy (non-hydrogen) atoms. The molecule has 0 saturated heterocycles. The maximum absolute atomic E-state index is 6.04. The summed E-state index contributed by atoms with van der Waals surface area (Å²) in [6.07, 6.45) is 1.76. The highest BCUT2D eigenvalue weighted by Crippen LogP contribution is 2.28. The molecule has 1 aromatic carbocycles. The van der Waals surface area contributed by atoms with Crippen LogP contribution >= 0.6 is 35.6 Å². The van der Waals surface area contributed by atoms with Crippen LogP contribution in [0.15, 0.2) is 24.4 Å². The van der Waals surface area contributed by atoms with Crippen molar-refractivity contribution in [1.29, 1.82) is 0 Å². The van der Waals surface area contributed by atoms with Crippen molar-refractivity contribution < 1.29 is 0 Å². The van der Waals surface area contributed by atoms with Gasteiger partial charge in [0.2, 0.25) is 0 Å². The number of halogens is 3. The summed E-state index contributed by atoms with van der Waals surface area (Å²) in [7, 11) is 0. The molecule has 104 valence electrons. The van der Waals surface area contributed by atoms with Gasteiger partial charge in [0.25, 0.3) is 0 Å². The molecule has 3 nitrogen and oxygen atoms in total. The minimum atomic E-state index is -0.0958. The van der Waals surface area contributed by atoms with Gasteiger partial charge >= 0.3 is 0 Å². The first-order chi connectivity index (χ1) is 8.49. The second-order valence-electron chi connectivity index (χ2n) is 4.58. The van der Waals surface area contributed by atoms with Gasteiger partial charge in [0, 0.05) is 5.56 Å². The Bertz CT molecular complexity index is 552. The van der Waals surface area contributed by atoms with Gasteiger partial charge in [0.1, 0.15) is 5.82 Å². The Labute approximate surface area is 128 Å². The van der Waals surface area contributed by atoms with E-state index in [1.54, 1.807) is 12.3 Å². The van der Waals surface area contributed by atoms with Gasteiger partial charge in [-0.25, -0.2) is 4.98 Å². The molecule has 1 atom stereocenters. The Morgan fingerprint density at radius 2 is 1.89 bits per heavy atom. The van der Waals surface area contributed by atoms with E-state index < -0.39 is 0 Å². The largest absolute Gasteiger partial charge is 0.341 e. The van der Waals surface area contributed by atoms with Crippen molar-refractivity contribution in [1.82, 2.24) is 9.97 Å². The molecule has 0 aliphatic carbocycles. The average Bonchev–Trinajstić information content (AvgIpc) is 2.81. The Hall–Kier alpha value is -0.740. The lowest BCUT2D eigenvalue weighted by molar-refractivity contribution is 0.494. The molecule has 0 amide bonds. The summed E-state index contributed by atoms with van der Waals surface area (Å²) in [5, 5.41) is 1.07. The SMILES string of the molecule is CC(C)[C@H](N)c1ncc(-c2ccc(Cl)c(Cl)c2)[nH]1.Cl. The number of imidazole rings is 1. The summed E-state index contributed by atoms with van der Waals surface area (Å²) in [5.74, 6) is 1.11. The number of nitrogens with one attached hydrogen (secondary N) is 1. The van der Waals surface area contributed by atoms with Crippen molar-refractivity contribution in [2.24, 2.45) is 11.7 Å².